The Hall–Kier alpha value is -4.12. The molecule has 3 saturated heterocycles. The number of piperazine rings is 1. The van der Waals surface area contributed by atoms with E-state index in [9.17, 15) is 35.5 Å². The Balaban J connectivity index is 0.000000412. The number of anilines is 1. The number of amides is 1. The van der Waals surface area contributed by atoms with E-state index >= 15 is 4.39 Å². The minimum Gasteiger partial charge on any atom is -0.467 e. The quantitative estimate of drug-likeness (QED) is 0.155. The second kappa shape index (κ2) is 13.9. The van der Waals surface area contributed by atoms with Crippen molar-refractivity contribution in [1.82, 2.24) is 24.8 Å². The molecule has 0 spiro atoms. The molecule has 1 amide bonds. The van der Waals surface area contributed by atoms with Crippen molar-refractivity contribution in [2.24, 2.45) is 0 Å². The van der Waals surface area contributed by atoms with Crippen molar-refractivity contribution in [3.8, 4) is 17.1 Å². The zero-order valence-electron chi connectivity index (χ0n) is 26.9. The van der Waals surface area contributed by atoms with E-state index in [0.29, 0.717) is 18.7 Å². The molecule has 0 radical (unpaired) electrons. The number of alkyl halides is 6. The topological polar surface area (TPSA) is 74.7 Å². The molecule has 7 rings (SSSR count). The first-order valence-electron chi connectivity index (χ1n) is 15.8. The molecule has 268 valence electrons. The number of fused-ring (bicyclic) bond motifs is 3. The predicted molar refractivity (Wildman–Crippen MR) is 172 cm³/mol. The molecule has 3 atom stereocenters. The third-order valence-corrected chi connectivity index (χ3v) is 10.3. The normalized spacial score (nSPS) is 21.1. The van der Waals surface area contributed by atoms with Gasteiger partial charge >= 0.3 is 12.2 Å². The number of carbonyl (C=O) groups is 1. The van der Waals surface area contributed by atoms with Crippen LogP contribution in [0.5, 0.6) is 6.01 Å². The monoisotopic (exact) mass is 728 g/mol. The van der Waals surface area contributed by atoms with E-state index in [0.717, 1.165) is 31.2 Å². The zero-order chi connectivity index (χ0) is 36.1. The Bertz CT molecular complexity index is 1930. The van der Waals surface area contributed by atoms with Crippen molar-refractivity contribution < 1.29 is 44.7 Å². The molecule has 17 heteroatoms. The van der Waals surface area contributed by atoms with Gasteiger partial charge in [-0.2, -0.15) is 23.1 Å². The molecule has 5 heterocycles. The number of hydrogen-bond acceptors (Lipinski definition) is 8. The molecule has 3 aliphatic rings. The number of aromatic nitrogens is 3. The van der Waals surface area contributed by atoms with Crippen LogP contribution in [0, 0.1) is 11.6 Å². The van der Waals surface area contributed by atoms with Gasteiger partial charge in [-0.3, -0.25) is 9.69 Å². The molecule has 3 unspecified atom stereocenters. The molecule has 2 aromatic carbocycles. The number of thiazole rings is 1. The highest BCUT2D eigenvalue weighted by molar-refractivity contribution is 7.18. The van der Waals surface area contributed by atoms with Crippen molar-refractivity contribution in [1.29, 1.82) is 0 Å². The van der Waals surface area contributed by atoms with Crippen LogP contribution in [0.1, 0.15) is 43.2 Å². The molecule has 8 nitrogen and oxygen atoms in total. The number of ether oxygens (including phenoxy) is 1. The van der Waals surface area contributed by atoms with Gasteiger partial charge in [0.15, 0.2) is 10.8 Å². The lowest BCUT2D eigenvalue weighted by molar-refractivity contribution is -0.137. The molecular formula is C33H32F8N6O2S. The maximum absolute atomic E-state index is 16.3. The summed E-state index contributed by atoms with van der Waals surface area (Å²) in [5.41, 5.74) is -4.07. The zero-order valence-corrected chi connectivity index (χ0v) is 27.7. The molecule has 0 bridgehead atoms. The molecular weight excluding hydrogens is 696 g/mol. The van der Waals surface area contributed by atoms with E-state index < -0.39 is 73.9 Å². The van der Waals surface area contributed by atoms with Gasteiger partial charge in [-0.15, -0.1) is 11.3 Å². The van der Waals surface area contributed by atoms with Gasteiger partial charge < -0.3 is 14.5 Å². The number of benzene rings is 2. The standard InChI is InChI=1S/C26H20F7N5O2S.C7H12FN/c1-4-16(39)38-8-7-37(10-11(38)2)23-13-9-14(26(31,32)33)17(18(28)19(13)35-25(36-23)40-3)12-5-6-15(27)21-20(12)34-24(41-21)22(29)30;8-6-4-7-2-1-3-9(7)5-6/h4-6,9,11,22H,1,7-8,10H2,2-3H3;6-7H,1-5H2. The summed E-state index contributed by atoms with van der Waals surface area (Å²) in [6, 6.07) is 2.18. The van der Waals surface area contributed by atoms with Crippen LogP contribution in [0.25, 0.3) is 32.2 Å². The molecule has 4 aromatic rings. The first-order chi connectivity index (χ1) is 23.7. The Labute approximate surface area is 285 Å². The summed E-state index contributed by atoms with van der Waals surface area (Å²) in [6.45, 7) is 7.54. The fourth-order valence-corrected chi connectivity index (χ4v) is 7.77. The molecule has 3 fully saturated rings. The van der Waals surface area contributed by atoms with Crippen LogP contribution in [-0.2, 0) is 11.0 Å². The van der Waals surface area contributed by atoms with Crippen LogP contribution < -0.4 is 9.64 Å². The van der Waals surface area contributed by atoms with Crippen molar-refractivity contribution in [2.75, 3.05) is 44.7 Å². The van der Waals surface area contributed by atoms with Gasteiger partial charge in [0, 0.05) is 54.8 Å². The summed E-state index contributed by atoms with van der Waals surface area (Å²) >= 11 is 0.269. The summed E-state index contributed by atoms with van der Waals surface area (Å²) in [5.74, 6) is -2.81. The van der Waals surface area contributed by atoms with Crippen LogP contribution in [0.15, 0.2) is 30.9 Å². The van der Waals surface area contributed by atoms with Crippen molar-refractivity contribution in [2.45, 2.75) is 57.0 Å². The molecule has 50 heavy (non-hydrogen) atoms. The van der Waals surface area contributed by atoms with Crippen LogP contribution in [0.4, 0.5) is 40.9 Å². The number of methoxy groups -OCH3 is 1. The number of carbonyl (C=O) groups excluding carboxylic acids is 1. The number of nitrogens with zero attached hydrogens (tertiary/aromatic N) is 6. The Morgan fingerprint density at radius 3 is 2.50 bits per heavy atom. The average Bonchev–Trinajstić information content (AvgIpc) is 3.80. The van der Waals surface area contributed by atoms with Gasteiger partial charge in [0.1, 0.15) is 23.3 Å². The van der Waals surface area contributed by atoms with Gasteiger partial charge in [0.2, 0.25) is 5.91 Å². The fourth-order valence-electron chi connectivity index (χ4n) is 6.92. The van der Waals surface area contributed by atoms with Gasteiger partial charge in [-0.05, 0) is 57.0 Å². The summed E-state index contributed by atoms with van der Waals surface area (Å²) in [4.78, 5) is 29.4. The maximum Gasteiger partial charge on any atom is 0.417 e. The van der Waals surface area contributed by atoms with E-state index in [1.54, 1.807) is 11.8 Å². The van der Waals surface area contributed by atoms with E-state index in [1.165, 1.54) is 24.9 Å². The summed E-state index contributed by atoms with van der Waals surface area (Å²) in [6.07, 6.45) is -4.28. The predicted octanol–water partition coefficient (Wildman–Crippen LogP) is 7.57. The Morgan fingerprint density at radius 2 is 1.86 bits per heavy atom. The highest BCUT2D eigenvalue weighted by atomic mass is 32.1. The maximum atomic E-state index is 16.3. The van der Waals surface area contributed by atoms with Crippen molar-refractivity contribution in [3.05, 3.63) is 53.1 Å². The van der Waals surface area contributed by atoms with Crippen LogP contribution in [-0.4, -0.2) is 88.7 Å². The first kappa shape index (κ1) is 35.7. The van der Waals surface area contributed by atoms with Crippen LogP contribution in [0.2, 0.25) is 0 Å². The van der Waals surface area contributed by atoms with E-state index in [4.69, 9.17) is 4.74 Å². The third kappa shape index (κ3) is 6.68. The molecule has 0 N–H and O–H groups in total. The van der Waals surface area contributed by atoms with Gasteiger partial charge in [-0.25, -0.2) is 26.9 Å². The average molecular weight is 729 g/mol. The lowest BCUT2D eigenvalue weighted by atomic mass is 9.95. The number of hydrogen-bond donors (Lipinski definition) is 0. The third-order valence-electron chi connectivity index (χ3n) is 9.19. The van der Waals surface area contributed by atoms with Gasteiger partial charge in [0.25, 0.3) is 6.43 Å². The highest BCUT2D eigenvalue weighted by Gasteiger charge is 2.39. The van der Waals surface area contributed by atoms with Gasteiger partial charge in [-0.1, -0.05) is 6.58 Å². The van der Waals surface area contributed by atoms with E-state index in [2.05, 4.69) is 26.4 Å². The molecule has 0 aliphatic carbocycles. The largest absolute Gasteiger partial charge is 0.467 e. The Morgan fingerprint density at radius 1 is 1.10 bits per heavy atom. The number of halogens is 8. The molecule has 3 aliphatic heterocycles. The highest BCUT2D eigenvalue weighted by Crippen LogP contribution is 2.46. The second-order valence-corrected chi connectivity index (χ2v) is 13.4. The lowest BCUT2D eigenvalue weighted by Crippen LogP contribution is -2.54. The van der Waals surface area contributed by atoms with E-state index in [-0.39, 0.29) is 54.1 Å². The van der Waals surface area contributed by atoms with Crippen LogP contribution in [0.3, 0.4) is 0 Å². The second-order valence-electron chi connectivity index (χ2n) is 12.3. The first-order valence-corrected chi connectivity index (χ1v) is 16.6. The molecule has 2 aromatic heterocycles. The minimum absolute atomic E-state index is 0.0572. The summed E-state index contributed by atoms with van der Waals surface area (Å²) in [5, 5.41) is -1.12. The Kier molecular flexibility index (Phi) is 9.92. The molecule has 0 saturated carbocycles. The van der Waals surface area contributed by atoms with Gasteiger partial charge in [0.05, 0.1) is 22.9 Å². The summed E-state index contributed by atoms with van der Waals surface area (Å²) in [7, 11) is 1.20. The van der Waals surface area contributed by atoms with Crippen molar-refractivity contribution in [3.63, 3.8) is 0 Å². The van der Waals surface area contributed by atoms with E-state index in [1.807, 2.05) is 0 Å². The fraction of sp³-hybridized carbons (Fsp3) is 0.455. The lowest BCUT2D eigenvalue weighted by Gasteiger charge is -2.40. The van der Waals surface area contributed by atoms with Crippen molar-refractivity contribution >= 4 is 44.2 Å². The smallest absolute Gasteiger partial charge is 0.417 e. The summed E-state index contributed by atoms with van der Waals surface area (Å²) < 4.78 is 118. The SMILES string of the molecule is C=CC(=O)N1CCN(c2nc(OC)nc3c(F)c(-c4ccc(F)c5sc(C(F)F)nc45)c(C(F)(F)F)cc23)CC1C.FC1CC2CCCN2C1. The minimum atomic E-state index is -5.13. The van der Waals surface area contributed by atoms with Crippen LogP contribution >= 0.6 is 11.3 Å². The number of rotatable bonds is 5.